The van der Waals surface area contributed by atoms with Crippen molar-refractivity contribution in [2.24, 2.45) is 17.3 Å². The molecule has 0 saturated heterocycles. The van der Waals surface area contributed by atoms with Crippen molar-refractivity contribution in [1.29, 1.82) is 0 Å². The lowest BCUT2D eigenvalue weighted by Gasteiger charge is -2.26. The van der Waals surface area contributed by atoms with E-state index in [4.69, 9.17) is 0 Å². The number of nitrogens with one attached hydrogen (secondary N) is 1. The molecule has 18 heavy (non-hydrogen) atoms. The molecule has 0 bridgehead atoms. The van der Waals surface area contributed by atoms with Crippen LogP contribution in [0.5, 0.6) is 0 Å². The van der Waals surface area contributed by atoms with Crippen LogP contribution >= 0.6 is 0 Å². The van der Waals surface area contributed by atoms with E-state index in [1.807, 2.05) is 0 Å². The van der Waals surface area contributed by atoms with Crippen molar-refractivity contribution in [1.82, 2.24) is 5.32 Å². The Morgan fingerprint density at radius 3 is 2.50 bits per heavy atom. The van der Waals surface area contributed by atoms with Crippen LogP contribution in [0.3, 0.4) is 0 Å². The minimum absolute atomic E-state index is 0.412. The van der Waals surface area contributed by atoms with Crippen LogP contribution in [-0.4, -0.2) is 13.1 Å². The van der Waals surface area contributed by atoms with Crippen molar-refractivity contribution in [3.8, 4) is 0 Å². The average Bonchev–Trinajstić information content (AvgIpc) is 3.10. The normalized spacial score (nSPS) is 23.4. The third-order valence-corrected chi connectivity index (χ3v) is 4.16. The van der Waals surface area contributed by atoms with Gasteiger partial charge >= 0.3 is 0 Å². The summed E-state index contributed by atoms with van der Waals surface area (Å²) in [6.07, 6.45) is 1.36. The fraction of sp³-hybridized carbons (Fsp3) is 0.647. The topological polar surface area (TPSA) is 12.0 Å². The molecule has 0 heterocycles. The van der Waals surface area contributed by atoms with Gasteiger partial charge < -0.3 is 5.32 Å². The van der Waals surface area contributed by atoms with Gasteiger partial charge in [0.05, 0.1) is 0 Å². The second-order valence-corrected chi connectivity index (χ2v) is 6.87. The Morgan fingerprint density at radius 2 is 1.89 bits per heavy atom. The largest absolute Gasteiger partial charge is 0.316 e. The number of hydrogen-bond donors (Lipinski definition) is 1. The molecule has 2 atom stereocenters. The molecule has 0 amide bonds. The van der Waals surface area contributed by atoms with Crippen molar-refractivity contribution in [3.05, 3.63) is 35.9 Å². The van der Waals surface area contributed by atoms with Crippen molar-refractivity contribution in [2.75, 3.05) is 13.1 Å². The first-order valence-electron chi connectivity index (χ1n) is 7.26. The van der Waals surface area contributed by atoms with Gasteiger partial charge in [0.2, 0.25) is 0 Å². The summed E-state index contributed by atoms with van der Waals surface area (Å²) in [6, 6.07) is 11.0. The lowest BCUT2D eigenvalue weighted by atomic mass is 9.85. The second kappa shape index (κ2) is 5.44. The van der Waals surface area contributed by atoms with Crippen LogP contribution in [0.1, 0.15) is 45.6 Å². The molecule has 1 aromatic rings. The summed E-state index contributed by atoms with van der Waals surface area (Å²) in [4.78, 5) is 0. The summed E-state index contributed by atoms with van der Waals surface area (Å²) < 4.78 is 0. The van der Waals surface area contributed by atoms with E-state index in [0.717, 1.165) is 30.8 Å². The van der Waals surface area contributed by atoms with Gasteiger partial charge in [0.15, 0.2) is 0 Å². The summed E-state index contributed by atoms with van der Waals surface area (Å²) in [6.45, 7) is 11.6. The summed E-state index contributed by atoms with van der Waals surface area (Å²) in [7, 11) is 0. The number of benzene rings is 1. The van der Waals surface area contributed by atoms with Crippen molar-refractivity contribution in [2.45, 2.75) is 40.0 Å². The minimum Gasteiger partial charge on any atom is -0.316 e. The third kappa shape index (κ3) is 3.35. The highest BCUT2D eigenvalue weighted by Gasteiger charge is 2.47. The van der Waals surface area contributed by atoms with E-state index in [-0.39, 0.29) is 0 Å². The van der Waals surface area contributed by atoms with Crippen molar-refractivity contribution in [3.63, 3.8) is 0 Å². The van der Waals surface area contributed by atoms with Crippen LogP contribution < -0.4 is 5.32 Å². The Hall–Kier alpha value is -0.820. The molecule has 1 fully saturated rings. The van der Waals surface area contributed by atoms with Gasteiger partial charge in [-0.1, -0.05) is 58.0 Å². The van der Waals surface area contributed by atoms with Gasteiger partial charge in [-0.2, -0.15) is 0 Å². The van der Waals surface area contributed by atoms with Gasteiger partial charge in [-0.15, -0.1) is 0 Å². The Labute approximate surface area is 112 Å². The maximum Gasteiger partial charge on any atom is 0.000550 e. The molecule has 1 aromatic carbocycles. The minimum atomic E-state index is 0.412. The molecule has 1 aliphatic carbocycles. The molecule has 100 valence electrons. The lowest BCUT2D eigenvalue weighted by molar-refractivity contribution is 0.281. The lowest BCUT2D eigenvalue weighted by Crippen LogP contribution is -2.33. The maximum atomic E-state index is 3.62. The highest BCUT2D eigenvalue weighted by Crippen LogP contribution is 2.56. The van der Waals surface area contributed by atoms with Crippen LogP contribution in [0.4, 0.5) is 0 Å². The van der Waals surface area contributed by atoms with Crippen LogP contribution in [0.25, 0.3) is 0 Å². The molecule has 1 aliphatic rings. The zero-order chi connectivity index (χ0) is 13.2. The fourth-order valence-corrected chi connectivity index (χ4v) is 2.94. The Bertz CT molecular complexity index is 366. The van der Waals surface area contributed by atoms with Crippen molar-refractivity contribution >= 4 is 0 Å². The Balaban J connectivity index is 1.86. The van der Waals surface area contributed by atoms with E-state index in [9.17, 15) is 0 Å². The molecule has 1 nitrogen and oxygen atoms in total. The van der Waals surface area contributed by atoms with E-state index < -0.39 is 0 Å². The van der Waals surface area contributed by atoms with Gasteiger partial charge in [0.25, 0.3) is 0 Å². The number of rotatable bonds is 6. The molecule has 1 saturated carbocycles. The van der Waals surface area contributed by atoms with E-state index >= 15 is 0 Å². The molecule has 2 unspecified atom stereocenters. The predicted molar refractivity (Wildman–Crippen MR) is 78.8 cm³/mol. The molecular formula is C17H27N. The second-order valence-electron chi connectivity index (χ2n) is 6.87. The Kier molecular flexibility index (Phi) is 4.11. The predicted octanol–water partition coefficient (Wildman–Crippen LogP) is 4.06. The van der Waals surface area contributed by atoms with Crippen LogP contribution in [-0.2, 0) is 0 Å². The standard InChI is InChI=1S/C17H27N/c1-13(2)11-18-12-17(3,4)16-10-15(16)14-8-6-5-7-9-14/h5-9,13,15-16,18H,10-12H2,1-4H3. The first-order chi connectivity index (χ1) is 8.50. The molecular weight excluding hydrogens is 218 g/mol. The van der Waals surface area contributed by atoms with Gasteiger partial charge in [0.1, 0.15) is 0 Å². The smallest absolute Gasteiger partial charge is 0.000550 e. The quantitative estimate of drug-likeness (QED) is 0.797. The third-order valence-electron chi connectivity index (χ3n) is 4.16. The van der Waals surface area contributed by atoms with E-state index in [0.29, 0.717) is 5.41 Å². The molecule has 0 aliphatic heterocycles. The summed E-state index contributed by atoms with van der Waals surface area (Å²) in [5.41, 5.74) is 1.94. The zero-order valence-corrected chi connectivity index (χ0v) is 12.2. The van der Waals surface area contributed by atoms with Gasteiger partial charge in [-0.3, -0.25) is 0 Å². The average molecular weight is 245 g/mol. The van der Waals surface area contributed by atoms with Gasteiger partial charge in [-0.25, -0.2) is 0 Å². The highest BCUT2D eigenvalue weighted by atomic mass is 14.9. The summed E-state index contributed by atoms with van der Waals surface area (Å²) >= 11 is 0. The van der Waals surface area contributed by atoms with Gasteiger partial charge in [0, 0.05) is 6.54 Å². The first-order valence-corrected chi connectivity index (χ1v) is 7.26. The van der Waals surface area contributed by atoms with E-state index in [1.165, 1.54) is 12.0 Å². The molecule has 0 spiro atoms. The first kappa shape index (κ1) is 13.6. The van der Waals surface area contributed by atoms with E-state index in [1.54, 1.807) is 0 Å². The molecule has 0 radical (unpaired) electrons. The van der Waals surface area contributed by atoms with Crippen LogP contribution in [0.2, 0.25) is 0 Å². The fourth-order valence-electron chi connectivity index (χ4n) is 2.94. The van der Waals surface area contributed by atoms with Crippen LogP contribution in [0.15, 0.2) is 30.3 Å². The monoisotopic (exact) mass is 245 g/mol. The van der Waals surface area contributed by atoms with Crippen LogP contribution in [0, 0.1) is 17.3 Å². The molecule has 0 aromatic heterocycles. The summed E-state index contributed by atoms with van der Waals surface area (Å²) in [5.74, 6) is 2.38. The molecule has 1 N–H and O–H groups in total. The Morgan fingerprint density at radius 1 is 1.22 bits per heavy atom. The molecule has 2 rings (SSSR count). The SMILES string of the molecule is CC(C)CNCC(C)(C)C1CC1c1ccccc1. The molecule has 1 heteroatoms. The summed E-state index contributed by atoms with van der Waals surface area (Å²) in [5, 5.41) is 3.62. The number of hydrogen-bond acceptors (Lipinski definition) is 1. The van der Waals surface area contributed by atoms with E-state index in [2.05, 4.69) is 63.3 Å². The van der Waals surface area contributed by atoms with Crippen molar-refractivity contribution < 1.29 is 0 Å². The highest BCUT2D eigenvalue weighted by molar-refractivity contribution is 5.26. The zero-order valence-electron chi connectivity index (χ0n) is 12.2. The van der Waals surface area contributed by atoms with Gasteiger partial charge in [-0.05, 0) is 41.7 Å². The maximum absolute atomic E-state index is 3.62.